The minimum absolute atomic E-state index is 0.196. The van der Waals surface area contributed by atoms with Gasteiger partial charge in [-0.05, 0) is 36.2 Å². The molecule has 0 amide bonds. The lowest BCUT2D eigenvalue weighted by Gasteiger charge is -2.00. The van der Waals surface area contributed by atoms with Gasteiger partial charge in [0.1, 0.15) is 0 Å². The highest BCUT2D eigenvalue weighted by molar-refractivity contribution is 5.94. The van der Waals surface area contributed by atoms with E-state index in [1.54, 1.807) is 18.2 Å². The minimum atomic E-state index is -1.15. The molecule has 3 aromatic rings. The highest BCUT2D eigenvalue weighted by atomic mass is 16.4. The number of hydrogen-bond acceptors (Lipinski definition) is 2. The third-order valence-electron chi connectivity index (χ3n) is 3.22. The third-order valence-corrected chi connectivity index (χ3v) is 3.22. The number of carbonyl (C=O) groups excluding carboxylic acids is 1. The van der Waals surface area contributed by atoms with E-state index in [4.69, 9.17) is 0 Å². The number of H-pyrrole nitrogens is 1. The number of carboxylic acid groups (broad SMARTS) is 1. The van der Waals surface area contributed by atoms with Crippen molar-refractivity contribution in [2.24, 2.45) is 0 Å². The summed E-state index contributed by atoms with van der Waals surface area (Å²) in [6.07, 6.45) is 0. The number of carbonyl (C=O) groups is 1. The molecule has 0 bridgehead atoms. The number of rotatable bonds is 2. The van der Waals surface area contributed by atoms with Crippen LogP contribution in [0.3, 0.4) is 0 Å². The fraction of sp³-hybridized carbons (Fsp3) is 0.0625. The predicted octanol–water partition coefficient (Wildman–Crippen LogP) is 2.51. The van der Waals surface area contributed by atoms with Crippen LogP contribution in [0.2, 0.25) is 0 Å². The van der Waals surface area contributed by atoms with Gasteiger partial charge in [0, 0.05) is 16.6 Å². The number of fused-ring (bicyclic) bond motifs is 1. The van der Waals surface area contributed by atoms with E-state index in [-0.39, 0.29) is 5.56 Å². The van der Waals surface area contributed by atoms with Crippen molar-refractivity contribution in [1.29, 1.82) is 0 Å². The molecule has 94 valence electrons. The lowest BCUT2D eigenvalue weighted by atomic mass is 10.1. The molecule has 3 nitrogen and oxygen atoms in total. The van der Waals surface area contributed by atoms with E-state index in [0.29, 0.717) is 0 Å². The van der Waals surface area contributed by atoms with E-state index in [9.17, 15) is 9.90 Å². The molecule has 0 fully saturated rings. The van der Waals surface area contributed by atoms with Gasteiger partial charge in [0.15, 0.2) is 0 Å². The second kappa shape index (κ2) is 4.28. The summed E-state index contributed by atoms with van der Waals surface area (Å²) in [6, 6.07) is 15.1. The van der Waals surface area contributed by atoms with Crippen LogP contribution >= 0.6 is 0 Å². The summed E-state index contributed by atoms with van der Waals surface area (Å²) in [5.74, 6) is -1.15. The molecule has 1 aromatic heterocycles. The molecule has 3 heteroatoms. The number of aryl methyl sites for hydroxylation is 1. The van der Waals surface area contributed by atoms with Crippen LogP contribution in [-0.4, -0.2) is 11.0 Å². The normalized spacial score (nSPS) is 10.8. The standard InChI is InChI=1S/C16H13NO2/c1-10-2-4-11(5-3-10)15-9-13-8-12(16(18)19)6-7-14(13)17-15/h2-9,17H,1H3,(H,18,19)/p-1. The van der Waals surface area contributed by atoms with Crippen molar-refractivity contribution in [3.8, 4) is 11.3 Å². The summed E-state index contributed by atoms with van der Waals surface area (Å²) in [7, 11) is 0. The molecule has 0 saturated heterocycles. The maximum atomic E-state index is 10.8. The summed E-state index contributed by atoms with van der Waals surface area (Å²) >= 11 is 0. The molecule has 1 N–H and O–H groups in total. The molecule has 0 saturated carbocycles. The molecule has 0 radical (unpaired) electrons. The Morgan fingerprint density at radius 3 is 2.47 bits per heavy atom. The number of hydrogen-bond donors (Lipinski definition) is 1. The van der Waals surface area contributed by atoms with Gasteiger partial charge in [-0.2, -0.15) is 0 Å². The molecular formula is C16H12NO2-. The number of nitrogens with one attached hydrogen (secondary N) is 1. The first-order chi connectivity index (χ1) is 9.13. The van der Waals surface area contributed by atoms with Crippen LogP contribution in [0.25, 0.3) is 22.2 Å². The average molecular weight is 250 g/mol. The van der Waals surface area contributed by atoms with Crippen LogP contribution in [0.5, 0.6) is 0 Å². The number of benzene rings is 2. The highest BCUT2D eigenvalue weighted by Crippen LogP contribution is 2.25. The molecule has 1 heterocycles. The topological polar surface area (TPSA) is 55.9 Å². The van der Waals surface area contributed by atoms with Crippen molar-refractivity contribution in [3.05, 3.63) is 59.7 Å². The second-order valence-electron chi connectivity index (χ2n) is 4.64. The first-order valence-electron chi connectivity index (χ1n) is 6.04. The van der Waals surface area contributed by atoms with Crippen LogP contribution in [0, 0.1) is 6.92 Å². The van der Waals surface area contributed by atoms with Crippen molar-refractivity contribution in [3.63, 3.8) is 0 Å². The largest absolute Gasteiger partial charge is 0.545 e. The number of aromatic amines is 1. The Hall–Kier alpha value is -2.55. The van der Waals surface area contributed by atoms with Crippen molar-refractivity contribution >= 4 is 16.9 Å². The van der Waals surface area contributed by atoms with Gasteiger partial charge in [0.2, 0.25) is 0 Å². The van der Waals surface area contributed by atoms with Gasteiger partial charge in [0.05, 0.1) is 5.97 Å². The molecular weight excluding hydrogens is 238 g/mol. The SMILES string of the molecule is Cc1ccc(-c2cc3cc(C(=O)[O-])ccc3[nH]2)cc1. The minimum Gasteiger partial charge on any atom is -0.545 e. The Morgan fingerprint density at radius 1 is 1.05 bits per heavy atom. The van der Waals surface area contributed by atoms with Gasteiger partial charge >= 0.3 is 0 Å². The fourth-order valence-electron chi connectivity index (χ4n) is 2.15. The molecule has 0 spiro atoms. The van der Waals surface area contributed by atoms with Crippen LogP contribution < -0.4 is 5.11 Å². The van der Waals surface area contributed by atoms with E-state index < -0.39 is 5.97 Å². The molecule has 0 unspecified atom stereocenters. The van der Waals surface area contributed by atoms with Gasteiger partial charge in [-0.15, -0.1) is 0 Å². The molecule has 0 aliphatic heterocycles. The number of aromatic carboxylic acids is 1. The monoisotopic (exact) mass is 250 g/mol. The summed E-state index contributed by atoms with van der Waals surface area (Å²) in [6.45, 7) is 2.04. The quantitative estimate of drug-likeness (QED) is 0.759. The summed E-state index contributed by atoms with van der Waals surface area (Å²) in [4.78, 5) is 14.1. The lowest BCUT2D eigenvalue weighted by molar-refractivity contribution is -0.255. The van der Waals surface area contributed by atoms with Crippen LogP contribution in [0.15, 0.2) is 48.5 Å². The molecule has 0 atom stereocenters. The maximum absolute atomic E-state index is 10.8. The summed E-state index contributed by atoms with van der Waals surface area (Å²) < 4.78 is 0. The van der Waals surface area contributed by atoms with E-state index in [2.05, 4.69) is 4.98 Å². The van der Waals surface area contributed by atoms with Gasteiger partial charge in [-0.25, -0.2) is 0 Å². The van der Waals surface area contributed by atoms with Gasteiger partial charge < -0.3 is 14.9 Å². The summed E-state index contributed by atoms with van der Waals surface area (Å²) in [5.41, 5.74) is 4.38. The predicted molar refractivity (Wildman–Crippen MR) is 72.8 cm³/mol. The van der Waals surface area contributed by atoms with Crippen molar-refractivity contribution in [2.75, 3.05) is 0 Å². The Bertz CT molecular complexity index is 754. The molecule has 2 aromatic carbocycles. The molecule has 19 heavy (non-hydrogen) atoms. The van der Waals surface area contributed by atoms with Gasteiger partial charge in [-0.3, -0.25) is 0 Å². The molecule has 3 rings (SSSR count). The van der Waals surface area contributed by atoms with Crippen LogP contribution in [0.4, 0.5) is 0 Å². The first kappa shape index (κ1) is 11.5. The molecule has 0 aliphatic carbocycles. The van der Waals surface area contributed by atoms with Crippen LogP contribution in [-0.2, 0) is 0 Å². The maximum Gasteiger partial charge on any atom is 0.0715 e. The third kappa shape index (κ3) is 2.10. The smallest absolute Gasteiger partial charge is 0.0715 e. The van der Waals surface area contributed by atoms with Crippen molar-refractivity contribution < 1.29 is 9.90 Å². The van der Waals surface area contributed by atoms with Crippen molar-refractivity contribution in [1.82, 2.24) is 4.98 Å². The van der Waals surface area contributed by atoms with Gasteiger partial charge in [0.25, 0.3) is 0 Å². The fourth-order valence-corrected chi connectivity index (χ4v) is 2.15. The Kier molecular flexibility index (Phi) is 2.60. The van der Waals surface area contributed by atoms with E-state index >= 15 is 0 Å². The summed E-state index contributed by atoms with van der Waals surface area (Å²) in [5, 5.41) is 11.7. The number of carboxylic acids is 1. The highest BCUT2D eigenvalue weighted by Gasteiger charge is 2.04. The van der Waals surface area contributed by atoms with E-state index in [1.807, 2.05) is 37.3 Å². The zero-order valence-electron chi connectivity index (χ0n) is 10.4. The molecule has 0 aliphatic rings. The zero-order valence-corrected chi connectivity index (χ0v) is 10.4. The van der Waals surface area contributed by atoms with E-state index in [0.717, 1.165) is 22.2 Å². The Balaban J connectivity index is 2.11. The van der Waals surface area contributed by atoms with Crippen LogP contribution in [0.1, 0.15) is 15.9 Å². The zero-order chi connectivity index (χ0) is 13.4. The first-order valence-corrected chi connectivity index (χ1v) is 6.04. The Morgan fingerprint density at radius 2 is 1.79 bits per heavy atom. The van der Waals surface area contributed by atoms with E-state index in [1.165, 1.54) is 5.56 Å². The van der Waals surface area contributed by atoms with Crippen molar-refractivity contribution in [2.45, 2.75) is 6.92 Å². The average Bonchev–Trinajstić information content (AvgIpc) is 2.82. The lowest BCUT2D eigenvalue weighted by Crippen LogP contribution is -2.21. The Labute approximate surface area is 110 Å². The van der Waals surface area contributed by atoms with Gasteiger partial charge in [-0.1, -0.05) is 35.9 Å². The number of aromatic nitrogens is 1. The second-order valence-corrected chi connectivity index (χ2v) is 4.64.